The highest BCUT2D eigenvalue weighted by Crippen LogP contribution is 2.29. The number of carboxylic acid groups (broad SMARTS) is 1. The van der Waals surface area contributed by atoms with Crippen molar-refractivity contribution < 1.29 is 91.7 Å². The number of primary amides is 4. The molecule has 1 aliphatic rings. The third-order valence-corrected chi connectivity index (χ3v) is 21.5. The summed E-state index contributed by atoms with van der Waals surface area (Å²) in [6.45, 7) is 5.85. The van der Waals surface area contributed by atoms with Crippen LogP contribution in [-0.4, -0.2) is 245 Å². The van der Waals surface area contributed by atoms with Gasteiger partial charge in [0, 0.05) is 114 Å². The van der Waals surface area contributed by atoms with Crippen LogP contribution in [-0.2, 0) is 115 Å². The Balaban J connectivity index is 1.51. The summed E-state index contributed by atoms with van der Waals surface area (Å²) in [5.41, 5.74) is 30.9. The highest BCUT2D eigenvalue weighted by atomic mass is 35.5. The first-order valence-electron chi connectivity index (χ1n) is 39.2. The monoisotopic (exact) mass is 1710 g/mol. The first kappa shape index (κ1) is 97.1. The molecule has 0 saturated carbocycles. The van der Waals surface area contributed by atoms with Gasteiger partial charge in [-0.15, -0.1) is 11.8 Å². The lowest BCUT2D eigenvalue weighted by atomic mass is 9.99. The number of hydrogen-bond donors (Lipinski definition) is 17. The molecule has 3 aromatic heterocycles. The van der Waals surface area contributed by atoms with Gasteiger partial charge in [-0.05, 0) is 119 Å². The number of rotatable bonds is 27. The average Bonchev–Trinajstić information content (AvgIpc) is 1.73. The van der Waals surface area contributed by atoms with E-state index < -0.39 is 222 Å². The molecule has 39 nitrogen and oxygen atoms in total. The summed E-state index contributed by atoms with van der Waals surface area (Å²) in [5, 5.41) is 48.7. The molecule has 2 aromatic carbocycles. The van der Waals surface area contributed by atoms with Crippen LogP contribution in [0.2, 0.25) is 5.02 Å². The Morgan fingerprint density at radius 2 is 1.05 bits per heavy atom. The molecule has 0 bridgehead atoms. The van der Waals surface area contributed by atoms with E-state index in [1.165, 1.54) is 32.4 Å². The van der Waals surface area contributed by atoms with Gasteiger partial charge in [0.15, 0.2) is 0 Å². The van der Waals surface area contributed by atoms with Crippen LogP contribution in [0.4, 0.5) is 0 Å². The number of aryl methyl sites for hydroxylation is 2. The van der Waals surface area contributed by atoms with Gasteiger partial charge in [-0.1, -0.05) is 61.8 Å². The lowest BCUT2D eigenvalue weighted by molar-refractivity contribution is -0.145. The maximum Gasteiger partial charge on any atom is 0.303 e. The Labute approximate surface area is 702 Å². The van der Waals surface area contributed by atoms with Crippen LogP contribution in [0.5, 0.6) is 0 Å². The van der Waals surface area contributed by atoms with Crippen LogP contribution in [0.1, 0.15) is 128 Å². The van der Waals surface area contributed by atoms with Gasteiger partial charge in [0.2, 0.25) is 94.5 Å². The highest BCUT2D eigenvalue weighted by Gasteiger charge is 2.41. The number of benzene rings is 2. The molecule has 654 valence electrons. The minimum atomic E-state index is -1.95. The Kier molecular flexibility index (Phi) is 37.6. The molecular weight excluding hydrogens is 1600 g/mol. The predicted octanol–water partition coefficient (Wildman–Crippen LogP) is -2.89. The number of para-hydroxylation sites is 2. The molecule has 1 fully saturated rings. The largest absolute Gasteiger partial charge is 0.481 e. The second-order valence-corrected chi connectivity index (χ2v) is 31.7. The minimum absolute atomic E-state index is 0.101. The van der Waals surface area contributed by atoms with E-state index in [0.717, 1.165) is 35.5 Å². The number of carbonyl (C=O) groups is 17. The number of pyridine rings is 1. The molecule has 22 N–H and O–H groups in total. The maximum absolute atomic E-state index is 15.6. The fourth-order valence-electron chi connectivity index (χ4n) is 13.9. The number of fused-ring (bicyclic) bond motifs is 2. The van der Waals surface area contributed by atoms with Crippen LogP contribution in [0, 0.1) is 5.92 Å². The van der Waals surface area contributed by atoms with Crippen molar-refractivity contribution in [3.8, 4) is 0 Å². The third kappa shape index (κ3) is 29.0. The number of carbonyl (C=O) groups excluding carboxylic acids is 16. The Hall–Kier alpha value is -11.8. The van der Waals surface area contributed by atoms with E-state index in [-0.39, 0.29) is 83.6 Å². The van der Waals surface area contributed by atoms with Gasteiger partial charge in [-0.3, -0.25) is 86.5 Å². The lowest BCUT2D eigenvalue weighted by Crippen LogP contribution is -2.62. The van der Waals surface area contributed by atoms with E-state index in [2.05, 4.69) is 58.2 Å². The van der Waals surface area contributed by atoms with Gasteiger partial charge in [-0.2, -0.15) is 0 Å². The van der Waals surface area contributed by atoms with Crippen molar-refractivity contribution >= 4 is 146 Å². The molecule has 0 radical (unpaired) electrons. The van der Waals surface area contributed by atoms with Crippen molar-refractivity contribution in [2.75, 3.05) is 32.1 Å². The zero-order chi connectivity index (χ0) is 88.9. The van der Waals surface area contributed by atoms with Crippen LogP contribution in [0.25, 0.3) is 21.8 Å². The number of aromatic nitrogens is 3. The molecule has 1 unspecified atom stereocenters. The fraction of sp³-hybridized carbons (Fsp3) is 0.519. The van der Waals surface area contributed by atoms with Gasteiger partial charge in [0.1, 0.15) is 72.5 Å². The number of nitrogens with two attached hydrogens (primary N) is 5. The van der Waals surface area contributed by atoms with Gasteiger partial charge in [0.25, 0.3) is 0 Å². The number of thioether (sulfide) groups is 1. The molecule has 4 heterocycles. The number of aliphatic hydroxyl groups is 1. The molecule has 0 spiro atoms. The normalized spacial score (nSPS) is 23.1. The van der Waals surface area contributed by atoms with E-state index in [1.807, 2.05) is 0 Å². The standard InChI is InChI=1S/C79H111ClN20O19S/c1-41(2)31-53-71(111)90-52(23-15-26-62(83)103)79(119)99(7)59(27-28-65(106)107)75(115)93-54(34-46-38-98(6)67-48(46)19-13-20-49(67)80)72(112)88-50(21-11-12-29-81)69(109)92-55(33-45-37-97(5)58-24-10-9-18-47(45)58)74(114)96-66(43(4)101)77(117)89-51(22-14-25-61(82)102)70(110)95-57(68(85)108)39-120-40-64(105)87-42(3)78(118)100(8)60(32-44-17-16-30-86-36-44)76(116)94-56(35-63(84)104)73(113)91-53/h9-10,13,16-20,24,30,36-38,41-43,50-57,59-60,66,101H,11-12,14-15,21-23,25-29,31-35,39-40,81H2,1-8H3,(H2,82,102)(H2,83,103)(H2,84,104)(H2,85,108)(H,87,105)(H,88,112)(H,89,117)(H,90,111)(H,91,113)(H,92,109)(H,93,115)(H,94,116)(H,95,110)(H,96,114)(H,106,107)/t42-,43-,50+,51+,52+,53+,54+,55+,56+,57?,59+,60+,66+/m1/s1. The van der Waals surface area contributed by atoms with Gasteiger partial charge >= 0.3 is 5.97 Å². The van der Waals surface area contributed by atoms with E-state index in [1.54, 1.807) is 98.0 Å². The molecule has 5 aromatic rings. The summed E-state index contributed by atoms with van der Waals surface area (Å²) < 4.78 is 3.41. The number of halogens is 1. The highest BCUT2D eigenvalue weighted by molar-refractivity contribution is 8.00. The SMILES string of the molecule is CC(C)C[C@@H]1NC(=O)[C@H](CC(N)=O)NC(=O)[C@H](Cc2cccnc2)N(C)C(=O)[C@@H](C)NC(=O)CSCC(C(N)=O)NC(=O)[C@H](CCCC(N)=O)NC(=O)[C@H]([C@@H](C)O)NC(=O)[C@H](Cc2cn(C)c3ccccc23)NC(=O)[C@H](CCCCN)NC(=O)[C@H](Cc2cn(C)c3c(Cl)cccc23)NC(=O)[C@H](CCC(=O)O)N(C)C(=O)[C@H](CCCC(N)=O)NC1=O. The Morgan fingerprint density at radius 1 is 0.533 bits per heavy atom. The third-order valence-electron chi connectivity index (χ3n) is 20.2. The van der Waals surface area contributed by atoms with Crippen molar-refractivity contribution in [2.45, 2.75) is 209 Å². The van der Waals surface area contributed by atoms with Gasteiger partial charge < -0.3 is 111 Å². The van der Waals surface area contributed by atoms with Crippen LogP contribution in [0.3, 0.4) is 0 Å². The van der Waals surface area contributed by atoms with Crippen LogP contribution >= 0.6 is 23.4 Å². The minimum Gasteiger partial charge on any atom is -0.481 e. The molecule has 13 atom stereocenters. The second kappa shape index (κ2) is 46.5. The summed E-state index contributed by atoms with van der Waals surface area (Å²) in [5.74, 6) is -19.3. The fourth-order valence-corrected chi connectivity index (χ4v) is 15.0. The summed E-state index contributed by atoms with van der Waals surface area (Å²) in [4.78, 5) is 247. The molecule has 1 aliphatic heterocycles. The zero-order valence-electron chi connectivity index (χ0n) is 68.3. The predicted molar refractivity (Wildman–Crippen MR) is 442 cm³/mol. The van der Waals surface area contributed by atoms with E-state index in [0.29, 0.717) is 43.5 Å². The van der Waals surface area contributed by atoms with E-state index >= 15 is 24.0 Å². The van der Waals surface area contributed by atoms with Crippen molar-refractivity contribution in [1.82, 2.24) is 77.1 Å². The number of hydrogen-bond acceptors (Lipinski definition) is 21. The quantitative estimate of drug-likeness (QED) is 0.0235. The molecule has 16 amide bonds. The van der Waals surface area contributed by atoms with Crippen molar-refractivity contribution in [1.29, 1.82) is 0 Å². The number of carboxylic acids is 1. The number of aliphatic hydroxyl groups excluding tert-OH is 1. The number of amides is 16. The molecule has 41 heteroatoms. The summed E-state index contributed by atoms with van der Waals surface area (Å²) in [6, 6.07) is -5.23. The van der Waals surface area contributed by atoms with Crippen molar-refractivity contribution in [2.24, 2.45) is 48.7 Å². The zero-order valence-corrected chi connectivity index (χ0v) is 69.8. The first-order chi connectivity index (χ1) is 56.7. The van der Waals surface area contributed by atoms with E-state index in [4.69, 9.17) is 40.3 Å². The van der Waals surface area contributed by atoms with Crippen LogP contribution < -0.4 is 81.8 Å². The average molecular weight is 1710 g/mol. The Morgan fingerprint density at radius 3 is 1.65 bits per heavy atom. The smallest absolute Gasteiger partial charge is 0.303 e. The van der Waals surface area contributed by atoms with Crippen molar-refractivity contribution in [3.05, 3.63) is 101 Å². The molecule has 6 rings (SSSR count). The number of unbranched alkanes of at least 4 members (excludes halogenated alkanes) is 1. The van der Waals surface area contributed by atoms with Crippen molar-refractivity contribution in [3.63, 3.8) is 0 Å². The van der Waals surface area contributed by atoms with Gasteiger partial charge in [0.05, 0.1) is 28.8 Å². The van der Waals surface area contributed by atoms with Crippen LogP contribution in [0.15, 0.2) is 79.4 Å². The second-order valence-electron chi connectivity index (χ2n) is 30.2. The summed E-state index contributed by atoms with van der Waals surface area (Å²) in [6.07, 6.45) is -0.734. The lowest BCUT2D eigenvalue weighted by Gasteiger charge is -2.33. The molecule has 0 aliphatic carbocycles. The first-order valence-corrected chi connectivity index (χ1v) is 40.8. The van der Waals surface area contributed by atoms with E-state index in [9.17, 15) is 67.7 Å². The number of nitrogens with one attached hydrogen (secondary N) is 10. The topological polar surface area (TPSA) is 610 Å². The number of aliphatic carboxylic acids is 1. The maximum atomic E-state index is 15.6. The number of nitrogens with zero attached hydrogens (tertiary/aromatic N) is 5. The molecule has 1 saturated heterocycles. The Bertz CT molecular complexity index is 4540. The molecule has 120 heavy (non-hydrogen) atoms. The van der Waals surface area contributed by atoms with Gasteiger partial charge in [-0.25, -0.2) is 0 Å². The summed E-state index contributed by atoms with van der Waals surface area (Å²) >= 11 is 7.48. The number of likely N-dealkylation sites (N-methyl/N-ethyl adjacent to an activating group) is 2. The summed E-state index contributed by atoms with van der Waals surface area (Å²) in [7, 11) is 5.72. The molecular formula is C79H111ClN20O19S.